The Bertz CT molecular complexity index is 281. The van der Waals surface area contributed by atoms with E-state index in [1.807, 2.05) is 6.92 Å². The van der Waals surface area contributed by atoms with Gasteiger partial charge in [0.25, 0.3) is 0 Å². The van der Waals surface area contributed by atoms with Crippen molar-refractivity contribution in [1.29, 1.82) is 0 Å². The Balaban J connectivity index is 2.46. The van der Waals surface area contributed by atoms with E-state index in [2.05, 4.69) is 0 Å². The maximum atomic E-state index is 11.8. The number of rotatable bonds is 5. The Morgan fingerprint density at radius 2 is 2.18 bits per heavy atom. The second kappa shape index (κ2) is 6.56. The summed E-state index contributed by atoms with van der Waals surface area (Å²) in [4.78, 5) is 24.2. The normalized spacial score (nSPS) is 24.7. The van der Waals surface area contributed by atoms with Gasteiger partial charge in [-0.15, -0.1) is 0 Å². The largest absolute Gasteiger partial charge is 0.479 e. The van der Waals surface area contributed by atoms with Crippen LogP contribution in [0.1, 0.15) is 20.3 Å². The molecule has 2 atom stereocenters. The average Bonchev–Trinajstić information content (AvgIpc) is 2.28. The van der Waals surface area contributed by atoms with E-state index in [1.165, 1.54) is 4.90 Å². The number of nitrogens with zero attached hydrogens (tertiary/aromatic N) is 1. The molecule has 0 radical (unpaired) electrons. The van der Waals surface area contributed by atoms with Crippen LogP contribution in [0.3, 0.4) is 0 Å². The number of hydrogen-bond donors (Lipinski definition) is 1. The standard InChI is InChI=1S/C11H19NO5/c1-3-16-5-4-10(13)12-6-8(2)17-9(7-12)11(14)15/h8-9H,3-7H2,1-2H3,(H,14,15)/t8-,9?/m1/s1. The van der Waals surface area contributed by atoms with Crippen LogP contribution < -0.4 is 0 Å². The highest BCUT2D eigenvalue weighted by atomic mass is 16.5. The van der Waals surface area contributed by atoms with Gasteiger partial charge in [-0.05, 0) is 13.8 Å². The fraction of sp³-hybridized carbons (Fsp3) is 0.818. The molecule has 98 valence electrons. The minimum atomic E-state index is -1.03. The highest BCUT2D eigenvalue weighted by Gasteiger charge is 2.32. The Kier molecular flexibility index (Phi) is 5.37. The second-order valence-electron chi connectivity index (χ2n) is 4.02. The van der Waals surface area contributed by atoms with Crippen LogP contribution in [0.25, 0.3) is 0 Å². The van der Waals surface area contributed by atoms with Gasteiger partial charge >= 0.3 is 5.97 Å². The monoisotopic (exact) mass is 245 g/mol. The van der Waals surface area contributed by atoms with Crippen LogP contribution in [-0.4, -0.2) is 60.4 Å². The Morgan fingerprint density at radius 3 is 2.76 bits per heavy atom. The van der Waals surface area contributed by atoms with Crippen LogP contribution >= 0.6 is 0 Å². The smallest absolute Gasteiger partial charge is 0.334 e. The predicted octanol–water partition coefficient (Wildman–Crippen LogP) is 0.114. The molecule has 6 nitrogen and oxygen atoms in total. The van der Waals surface area contributed by atoms with Crippen molar-refractivity contribution in [2.45, 2.75) is 32.5 Å². The van der Waals surface area contributed by atoms with Gasteiger partial charge in [0.2, 0.25) is 5.91 Å². The number of carboxylic acids is 1. The van der Waals surface area contributed by atoms with Crippen LogP contribution in [0, 0.1) is 0 Å². The molecule has 6 heteroatoms. The van der Waals surface area contributed by atoms with Gasteiger partial charge in [0.15, 0.2) is 6.10 Å². The molecule has 0 aromatic carbocycles. The lowest BCUT2D eigenvalue weighted by Crippen LogP contribution is -2.51. The van der Waals surface area contributed by atoms with Gasteiger partial charge in [-0.1, -0.05) is 0 Å². The van der Waals surface area contributed by atoms with Crippen LogP contribution in [0.5, 0.6) is 0 Å². The van der Waals surface area contributed by atoms with E-state index in [1.54, 1.807) is 6.92 Å². The van der Waals surface area contributed by atoms with Crippen LogP contribution in [0.15, 0.2) is 0 Å². The first-order chi connectivity index (χ1) is 8.04. The van der Waals surface area contributed by atoms with E-state index in [-0.39, 0.29) is 25.0 Å². The molecule has 1 aliphatic rings. The molecule has 0 spiro atoms. The van der Waals surface area contributed by atoms with Gasteiger partial charge < -0.3 is 19.5 Å². The lowest BCUT2D eigenvalue weighted by molar-refractivity contribution is -0.166. The summed E-state index contributed by atoms with van der Waals surface area (Å²) >= 11 is 0. The van der Waals surface area contributed by atoms with Crippen molar-refractivity contribution in [2.24, 2.45) is 0 Å². The summed E-state index contributed by atoms with van der Waals surface area (Å²) in [7, 11) is 0. The summed E-state index contributed by atoms with van der Waals surface area (Å²) in [6, 6.07) is 0. The number of carboxylic acid groups (broad SMARTS) is 1. The van der Waals surface area contributed by atoms with Gasteiger partial charge in [-0.3, -0.25) is 4.79 Å². The number of aliphatic carboxylic acids is 1. The Morgan fingerprint density at radius 1 is 1.47 bits per heavy atom. The summed E-state index contributed by atoms with van der Waals surface area (Å²) in [5.41, 5.74) is 0. The Hall–Kier alpha value is -1.14. The molecule has 1 aliphatic heterocycles. The summed E-state index contributed by atoms with van der Waals surface area (Å²) < 4.78 is 10.3. The molecule has 1 fully saturated rings. The molecule has 17 heavy (non-hydrogen) atoms. The number of carbonyl (C=O) groups is 2. The molecular formula is C11H19NO5. The number of hydrogen-bond acceptors (Lipinski definition) is 4. The van der Waals surface area contributed by atoms with Gasteiger partial charge in [-0.25, -0.2) is 4.79 Å². The van der Waals surface area contributed by atoms with E-state index in [4.69, 9.17) is 14.6 Å². The molecule has 1 rings (SSSR count). The van der Waals surface area contributed by atoms with E-state index in [0.29, 0.717) is 19.8 Å². The zero-order valence-corrected chi connectivity index (χ0v) is 10.2. The molecule has 1 N–H and O–H groups in total. The molecule has 0 aromatic rings. The van der Waals surface area contributed by atoms with Crippen molar-refractivity contribution in [1.82, 2.24) is 4.90 Å². The zero-order chi connectivity index (χ0) is 12.8. The minimum absolute atomic E-state index is 0.0835. The zero-order valence-electron chi connectivity index (χ0n) is 10.2. The van der Waals surface area contributed by atoms with E-state index in [9.17, 15) is 9.59 Å². The molecule has 0 aliphatic carbocycles. The van der Waals surface area contributed by atoms with Crippen LogP contribution in [0.2, 0.25) is 0 Å². The summed E-state index contributed by atoms with van der Waals surface area (Å²) in [6.45, 7) is 5.13. The molecular weight excluding hydrogens is 226 g/mol. The molecule has 0 bridgehead atoms. The van der Waals surface area contributed by atoms with Crippen molar-refractivity contribution in [2.75, 3.05) is 26.3 Å². The van der Waals surface area contributed by atoms with Crippen LogP contribution in [0.4, 0.5) is 0 Å². The highest BCUT2D eigenvalue weighted by Crippen LogP contribution is 2.12. The van der Waals surface area contributed by atoms with Crippen molar-refractivity contribution in [3.63, 3.8) is 0 Å². The van der Waals surface area contributed by atoms with E-state index < -0.39 is 12.1 Å². The highest BCUT2D eigenvalue weighted by molar-refractivity contribution is 5.78. The fourth-order valence-corrected chi connectivity index (χ4v) is 1.75. The summed E-state index contributed by atoms with van der Waals surface area (Å²) in [5.74, 6) is -1.11. The van der Waals surface area contributed by atoms with Crippen molar-refractivity contribution < 1.29 is 24.2 Å². The third-order valence-electron chi connectivity index (χ3n) is 2.55. The topological polar surface area (TPSA) is 76.1 Å². The molecule has 1 saturated heterocycles. The van der Waals surface area contributed by atoms with Gasteiger partial charge in [0.05, 0.1) is 25.7 Å². The minimum Gasteiger partial charge on any atom is -0.479 e. The first-order valence-electron chi connectivity index (χ1n) is 5.78. The van der Waals surface area contributed by atoms with Crippen molar-refractivity contribution >= 4 is 11.9 Å². The van der Waals surface area contributed by atoms with Crippen LogP contribution in [-0.2, 0) is 19.1 Å². The van der Waals surface area contributed by atoms with Gasteiger partial charge in [-0.2, -0.15) is 0 Å². The van der Waals surface area contributed by atoms with Crippen molar-refractivity contribution in [3.8, 4) is 0 Å². The van der Waals surface area contributed by atoms with Crippen molar-refractivity contribution in [3.05, 3.63) is 0 Å². The molecule has 1 amide bonds. The van der Waals surface area contributed by atoms with E-state index in [0.717, 1.165) is 0 Å². The predicted molar refractivity (Wildman–Crippen MR) is 59.7 cm³/mol. The lowest BCUT2D eigenvalue weighted by atomic mass is 10.2. The second-order valence-corrected chi connectivity index (χ2v) is 4.02. The van der Waals surface area contributed by atoms with Gasteiger partial charge in [0.1, 0.15) is 0 Å². The quantitative estimate of drug-likeness (QED) is 0.696. The average molecular weight is 245 g/mol. The number of amides is 1. The first kappa shape index (κ1) is 13.9. The third kappa shape index (κ3) is 4.32. The Labute approximate surface area is 100 Å². The summed E-state index contributed by atoms with van der Waals surface area (Å²) in [6.07, 6.45) is -0.886. The van der Waals surface area contributed by atoms with E-state index >= 15 is 0 Å². The number of ether oxygens (including phenoxy) is 2. The lowest BCUT2D eigenvalue weighted by Gasteiger charge is -2.35. The molecule has 0 saturated carbocycles. The third-order valence-corrected chi connectivity index (χ3v) is 2.55. The maximum Gasteiger partial charge on any atom is 0.334 e. The number of morpholine rings is 1. The first-order valence-corrected chi connectivity index (χ1v) is 5.78. The maximum absolute atomic E-state index is 11.8. The molecule has 0 aromatic heterocycles. The number of carbonyl (C=O) groups excluding carboxylic acids is 1. The van der Waals surface area contributed by atoms with Gasteiger partial charge in [0, 0.05) is 13.2 Å². The molecule has 1 unspecified atom stereocenters. The fourth-order valence-electron chi connectivity index (χ4n) is 1.75. The summed E-state index contributed by atoms with van der Waals surface area (Å²) in [5, 5.41) is 8.88. The SMILES string of the molecule is CCOCCC(=O)N1CC(C(=O)O)O[C@H](C)C1. The molecule has 1 heterocycles.